The lowest BCUT2D eigenvalue weighted by Crippen LogP contribution is -2.48. The van der Waals surface area contributed by atoms with Crippen molar-refractivity contribution in [2.24, 2.45) is 5.14 Å². The molecule has 0 aliphatic carbocycles. The van der Waals surface area contributed by atoms with E-state index in [9.17, 15) is 18.0 Å². The van der Waals surface area contributed by atoms with Crippen LogP contribution in [0, 0.1) is 0 Å². The molecule has 2 aromatic rings. The number of para-hydroxylation sites is 2. The molecule has 0 radical (unpaired) electrons. The second-order valence-corrected chi connectivity index (χ2v) is 7.68. The van der Waals surface area contributed by atoms with Crippen LogP contribution in [0.5, 0.6) is 5.75 Å². The number of nitrogens with zero attached hydrogens (tertiary/aromatic N) is 1. The predicted molar refractivity (Wildman–Crippen MR) is 98.5 cm³/mol. The van der Waals surface area contributed by atoms with Crippen molar-refractivity contribution in [1.82, 2.24) is 5.32 Å². The van der Waals surface area contributed by atoms with Crippen molar-refractivity contribution >= 4 is 27.5 Å². The zero-order chi connectivity index (χ0) is 19.6. The first-order chi connectivity index (χ1) is 12.8. The Labute approximate surface area is 157 Å². The van der Waals surface area contributed by atoms with Crippen molar-refractivity contribution in [3.05, 3.63) is 54.1 Å². The highest BCUT2D eigenvalue weighted by Gasteiger charge is 2.32. The molecule has 2 amide bonds. The molecule has 0 spiro atoms. The molecular formula is C18H19N3O5S. The molecule has 0 bridgehead atoms. The highest BCUT2D eigenvalue weighted by Crippen LogP contribution is 2.33. The van der Waals surface area contributed by atoms with Crippen LogP contribution in [0.4, 0.5) is 5.69 Å². The number of sulfonamides is 1. The molecule has 3 rings (SSSR count). The molecule has 1 aliphatic rings. The summed E-state index contributed by atoms with van der Waals surface area (Å²) in [4.78, 5) is 26.1. The van der Waals surface area contributed by atoms with Gasteiger partial charge in [-0.25, -0.2) is 13.6 Å². The molecule has 1 atom stereocenters. The number of hydrogen-bond acceptors (Lipinski definition) is 5. The van der Waals surface area contributed by atoms with Crippen molar-refractivity contribution in [2.75, 3.05) is 11.4 Å². The number of hydrogen-bond donors (Lipinski definition) is 2. The van der Waals surface area contributed by atoms with Crippen LogP contribution >= 0.6 is 0 Å². The Morgan fingerprint density at radius 2 is 1.85 bits per heavy atom. The summed E-state index contributed by atoms with van der Waals surface area (Å²) in [6, 6.07) is 12.9. The van der Waals surface area contributed by atoms with E-state index in [0.717, 1.165) is 0 Å². The number of benzene rings is 2. The molecule has 0 aromatic heterocycles. The Balaban J connectivity index is 1.65. The van der Waals surface area contributed by atoms with Crippen LogP contribution in [-0.2, 0) is 26.2 Å². The minimum atomic E-state index is -3.75. The van der Waals surface area contributed by atoms with E-state index in [4.69, 9.17) is 9.88 Å². The van der Waals surface area contributed by atoms with E-state index in [-0.39, 0.29) is 29.8 Å². The van der Waals surface area contributed by atoms with E-state index < -0.39 is 16.1 Å². The molecule has 1 aliphatic heterocycles. The van der Waals surface area contributed by atoms with Gasteiger partial charge in [-0.1, -0.05) is 24.3 Å². The van der Waals surface area contributed by atoms with Gasteiger partial charge in [0.05, 0.1) is 10.6 Å². The average molecular weight is 389 g/mol. The standard InChI is InChI=1S/C18H19N3O5S/c1-12-18(23)21(15-4-2-3-5-16(15)26-12)11-17(22)20-10-13-6-8-14(9-7-13)27(19,24)25/h2-9,12H,10-11H2,1H3,(H,20,22)(H2,19,24,25)/t12-/m1/s1. The van der Waals surface area contributed by atoms with Gasteiger partial charge in [-0.3, -0.25) is 14.5 Å². The summed E-state index contributed by atoms with van der Waals surface area (Å²) >= 11 is 0. The first-order valence-corrected chi connectivity index (χ1v) is 9.76. The summed E-state index contributed by atoms with van der Waals surface area (Å²) in [7, 11) is -3.75. The third kappa shape index (κ3) is 4.26. The Kier molecular flexibility index (Phi) is 5.15. The molecule has 0 fully saturated rings. The van der Waals surface area contributed by atoms with Gasteiger partial charge in [-0.2, -0.15) is 0 Å². The van der Waals surface area contributed by atoms with Crippen LogP contribution in [0.3, 0.4) is 0 Å². The number of anilines is 1. The highest BCUT2D eigenvalue weighted by molar-refractivity contribution is 7.89. The van der Waals surface area contributed by atoms with Crippen LogP contribution in [0.25, 0.3) is 0 Å². The number of amides is 2. The quantitative estimate of drug-likeness (QED) is 0.783. The van der Waals surface area contributed by atoms with Crippen LogP contribution in [0.2, 0.25) is 0 Å². The van der Waals surface area contributed by atoms with Crippen molar-refractivity contribution in [3.8, 4) is 5.75 Å². The van der Waals surface area contributed by atoms with E-state index in [1.165, 1.54) is 17.0 Å². The van der Waals surface area contributed by atoms with Crippen molar-refractivity contribution < 1.29 is 22.7 Å². The van der Waals surface area contributed by atoms with Gasteiger partial charge in [-0.15, -0.1) is 0 Å². The maximum absolute atomic E-state index is 12.4. The van der Waals surface area contributed by atoms with E-state index in [1.807, 2.05) is 0 Å². The number of carbonyl (C=O) groups is 2. The van der Waals surface area contributed by atoms with Gasteiger partial charge >= 0.3 is 0 Å². The highest BCUT2D eigenvalue weighted by atomic mass is 32.2. The molecule has 0 saturated carbocycles. The van der Waals surface area contributed by atoms with E-state index in [1.54, 1.807) is 43.3 Å². The molecule has 142 valence electrons. The third-order valence-electron chi connectivity index (χ3n) is 4.12. The van der Waals surface area contributed by atoms with Crippen molar-refractivity contribution in [2.45, 2.75) is 24.5 Å². The van der Waals surface area contributed by atoms with Gasteiger partial charge in [0, 0.05) is 6.54 Å². The topological polar surface area (TPSA) is 119 Å². The zero-order valence-electron chi connectivity index (χ0n) is 14.6. The minimum Gasteiger partial charge on any atom is -0.479 e. The molecule has 1 heterocycles. The predicted octanol–water partition coefficient (Wildman–Crippen LogP) is 0.764. The molecular weight excluding hydrogens is 370 g/mol. The van der Waals surface area contributed by atoms with Crippen LogP contribution in [-0.4, -0.2) is 32.9 Å². The Bertz CT molecular complexity index is 973. The van der Waals surface area contributed by atoms with Gasteiger partial charge in [0.15, 0.2) is 6.10 Å². The maximum atomic E-state index is 12.4. The summed E-state index contributed by atoms with van der Waals surface area (Å²) in [6.45, 7) is 1.69. The second-order valence-electron chi connectivity index (χ2n) is 6.12. The van der Waals surface area contributed by atoms with Gasteiger partial charge in [-0.05, 0) is 36.8 Å². The second kappa shape index (κ2) is 7.37. The van der Waals surface area contributed by atoms with Crippen LogP contribution in [0.1, 0.15) is 12.5 Å². The summed E-state index contributed by atoms with van der Waals surface area (Å²) in [6.07, 6.45) is -0.668. The Hall–Kier alpha value is -2.91. The fourth-order valence-electron chi connectivity index (χ4n) is 2.72. The molecule has 3 N–H and O–H groups in total. The molecule has 0 unspecified atom stereocenters. The maximum Gasteiger partial charge on any atom is 0.268 e. The number of ether oxygens (including phenoxy) is 1. The number of fused-ring (bicyclic) bond motifs is 1. The van der Waals surface area contributed by atoms with Gasteiger partial charge < -0.3 is 10.1 Å². The number of primary sulfonamides is 1. The summed E-state index contributed by atoms with van der Waals surface area (Å²) < 4.78 is 28.0. The smallest absolute Gasteiger partial charge is 0.268 e. The van der Waals surface area contributed by atoms with Crippen molar-refractivity contribution in [3.63, 3.8) is 0 Å². The van der Waals surface area contributed by atoms with E-state index in [2.05, 4.69) is 5.32 Å². The van der Waals surface area contributed by atoms with Gasteiger partial charge in [0.25, 0.3) is 5.91 Å². The first-order valence-electron chi connectivity index (χ1n) is 8.21. The fraction of sp³-hybridized carbons (Fsp3) is 0.222. The molecule has 0 saturated heterocycles. The van der Waals surface area contributed by atoms with Crippen LogP contribution in [0.15, 0.2) is 53.4 Å². The largest absolute Gasteiger partial charge is 0.479 e. The van der Waals surface area contributed by atoms with Crippen molar-refractivity contribution in [1.29, 1.82) is 0 Å². The number of rotatable bonds is 5. The lowest BCUT2D eigenvalue weighted by Gasteiger charge is -2.32. The minimum absolute atomic E-state index is 0.00193. The normalized spacial score (nSPS) is 16.4. The SMILES string of the molecule is C[C@H]1Oc2ccccc2N(CC(=O)NCc2ccc(S(N)(=O)=O)cc2)C1=O. The van der Waals surface area contributed by atoms with Gasteiger partial charge in [0.2, 0.25) is 15.9 Å². The summed E-state index contributed by atoms with van der Waals surface area (Å²) in [5, 5.41) is 7.77. The molecule has 8 nitrogen and oxygen atoms in total. The molecule has 2 aromatic carbocycles. The van der Waals surface area contributed by atoms with Crippen LogP contribution < -0.4 is 20.1 Å². The lowest BCUT2D eigenvalue weighted by atomic mass is 10.2. The zero-order valence-corrected chi connectivity index (χ0v) is 15.4. The van der Waals surface area contributed by atoms with E-state index >= 15 is 0 Å². The first kappa shape index (κ1) is 18.9. The Morgan fingerprint density at radius 3 is 2.52 bits per heavy atom. The lowest BCUT2D eigenvalue weighted by molar-refractivity contribution is -0.128. The Morgan fingerprint density at radius 1 is 1.19 bits per heavy atom. The monoisotopic (exact) mass is 389 g/mol. The molecule has 27 heavy (non-hydrogen) atoms. The number of carbonyl (C=O) groups excluding carboxylic acids is 2. The summed E-state index contributed by atoms with van der Waals surface area (Å²) in [5.41, 5.74) is 1.26. The number of nitrogens with two attached hydrogens (primary N) is 1. The third-order valence-corrected chi connectivity index (χ3v) is 5.05. The van der Waals surface area contributed by atoms with E-state index in [0.29, 0.717) is 17.0 Å². The van der Waals surface area contributed by atoms with Gasteiger partial charge in [0.1, 0.15) is 12.3 Å². The fourth-order valence-corrected chi connectivity index (χ4v) is 3.23. The number of nitrogens with one attached hydrogen (secondary N) is 1. The average Bonchev–Trinajstić information content (AvgIpc) is 2.63. The summed E-state index contributed by atoms with van der Waals surface area (Å²) in [5.74, 6) is -0.0832. The molecule has 9 heteroatoms.